The molecular weight excluding hydrogens is 245 g/mol. The van der Waals surface area contributed by atoms with Crippen LogP contribution in [-0.2, 0) is 17.4 Å². The molecule has 0 unspecified atom stereocenters. The van der Waals surface area contributed by atoms with Crippen LogP contribution in [0.2, 0.25) is 0 Å². The van der Waals surface area contributed by atoms with E-state index < -0.39 is 17.8 Å². The average molecular weight is 255 g/mol. The molecule has 1 radical (unpaired) electrons. The van der Waals surface area contributed by atoms with Crippen molar-refractivity contribution in [2.75, 3.05) is 0 Å². The number of H-pyrrole nitrogens is 1. The van der Waals surface area contributed by atoms with Gasteiger partial charge in [0.2, 0.25) is 6.29 Å². The molecule has 1 heterocycles. The van der Waals surface area contributed by atoms with Gasteiger partial charge in [0, 0.05) is 11.6 Å². The third-order valence-corrected chi connectivity index (χ3v) is 2.70. The number of carbonyl (C=O) groups excluding carboxylic acids is 1. The van der Waals surface area contributed by atoms with Crippen molar-refractivity contribution < 1.29 is 18.0 Å². The smallest absolute Gasteiger partial charge is 0.360 e. The Balaban J connectivity index is 2.52. The van der Waals surface area contributed by atoms with Crippen molar-refractivity contribution >= 4 is 17.2 Å². The van der Waals surface area contributed by atoms with E-state index in [9.17, 15) is 18.0 Å². The number of rotatable bonds is 3. The summed E-state index contributed by atoms with van der Waals surface area (Å²) in [6, 6.07) is 3.07. The molecule has 0 fully saturated rings. The molecule has 0 bridgehead atoms. The quantitative estimate of drug-likeness (QED) is 0.883. The number of hydrogen-bond acceptors (Lipinski definition) is 2. The lowest BCUT2D eigenvalue weighted by atomic mass is 10.0. The number of aromatic amines is 1. The second kappa shape index (κ2) is 4.45. The van der Waals surface area contributed by atoms with E-state index in [1.54, 1.807) is 12.4 Å². The molecule has 0 saturated carbocycles. The minimum Gasteiger partial charge on any atom is -0.360 e. The maximum Gasteiger partial charge on any atom is 0.418 e. The zero-order chi connectivity index (χ0) is 13.3. The summed E-state index contributed by atoms with van der Waals surface area (Å²) in [5, 5.41) is 0.426. The summed E-state index contributed by atoms with van der Waals surface area (Å²) in [7, 11) is 0. The van der Waals surface area contributed by atoms with Crippen molar-refractivity contribution in [3.05, 3.63) is 35.5 Å². The second-order valence-electron chi connectivity index (χ2n) is 3.97. The van der Waals surface area contributed by atoms with Crippen LogP contribution in [0, 0.1) is 0 Å². The lowest BCUT2D eigenvalue weighted by Gasteiger charge is -2.08. The molecule has 3 nitrogen and oxygen atoms in total. The van der Waals surface area contributed by atoms with Crippen LogP contribution in [0.3, 0.4) is 0 Å². The van der Waals surface area contributed by atoms with E-state index in [4.69, 9.17) is 5.73 Å². The van der Waals surface area contributed by atoms with Crippen LogP contribution >= 0.6 is 0 Å². The van der Waals surface area contributed by atoms with Crippen LogP contribution in [-0.4, -0.2) is 17.3 Å². The summed E-state index contributed by atoms with van der Waals surface area (Å²) >= 11 is 0. The fourth-order valence-corrected chi connectivity index (χ4v) is 1.90. The van der Waals surface area contributed by atoms with E-state index in [2.05, 4.69) is 4.98 Å². The maximum absolute atomic E-state index is 12.7. The molecule has 1 aromatic heterocycles. The fourth-order valence-electron chi connectivity index (χ4n) is 1.90. The Morgan fingerprint density at radius 3 is 2.72 bits per heavy atom. The SMILES string of the molecule is N[C@H]([C]=O)Cc1c[nH]c2c(C(F)(F)F)cccc12. The Labute approximate surface area is 101 Å². The number of halogens is 3. The Morgan fingerprint density at radius 1 is 1.39 bits per heavy atom. The number of benzene rings is 1. The van der Waals surface area contributed by atoms with Gasteiger partial charge in [-0.3, -0.25) is 4.79 Å². The topological polar surface area (TPSA) is 58.9 Å². The highest BCUT2D eigenvalue weighted by molar-refractivity contribution is 5.86. The van der Waals surface area contributed by atoms with Crippen LogP contribution in [0.25, 0.3) is 10.9 Å². The van der Waals surface area contributed by atoms with Gasteiger partial charge in [0.15, 0.2) is 0 Å². The van der Waals surface area contributed by atoms with E-state index in [-0.39, 0.29) is 11.9 Å². The number of para-hydroxylation sites is 1. The fraction of sp³-hybridized carbons (Fsp3) is 0.250. The number of aromatic nitrogens is 1. The third kappa shape index (κ3) is 2.24. The summed E-state index contributed by atoms with van der Waals surface area (Å²) in [5.41, 5.74) is 5.28. The first-order chi connectivity index (χ1) is 8.43. The normalized spacial score (nSPS) is 13.8. The molecule has 1 aromatic carbocycles. The maximum atomic E-state index is 12.7. The Bertz CT molecular complexity index is 574. The number of alkyl halides is 3. The summed E-state index contributed by atoms with van der Waals surface area (Å²) in [5.74, 6) is 0. The van der Waals surface area contributed by atoms with Gasteiger partial charge in [0.1, 0.15) is 0 Å². The molecule has 6 heteroatoms. The predicted octanol–water partition coefficient (Wildman–Crippen LogP) is 2.17. The van der Waals surface area contributed by atoms with Crippen LogP contribution in [0.15, 0.2) is 24.4 Å². The molecule has 0 aliphatic carbocycles. The highest BCUT2D eigenvalue weighted by Gasteiger charge is 2.33. The van der Waals surface area contributed by atoms with E-state index in [1.807, 2.05) is 0 Å². The first kappa shape index (κ1) is 12.6. The van der Waals surface area contributed by atoms with Crippen LogP contribution in [0.1, 0.15) is 11.1 Å². The van der Waals surface area contributed by atoms with Gasteiger partial charge >= 0.3 is 6.18 Å². The largest absolute Gasteiger partial charge is 0.418 e. The Kier molecular flexibility index (Phi) is 3.13. The molecule has 0 aliphatic heterocycles. The number of fused-ring (bicyclic) bond motifs is 1. The van der Waals surface area contributed by atoms with Gasteiger partial charge in [-0.2, -0.15) is 13.2 Å². The van der Waals surface area contributed by atoms with Gasteiger partial charge < -0.3 is 10.7 Å². The zero-order valence-corrected chi connectivity index (χ0v) is 9.21. The van der Waals surface area contributed by atoms with Crippen molar-refractivity contribution in [2.24, 2.45) is 5.73 Å². The molecule has 1 atom stereocenters. The van der Waals surface area contributed by atoms with Crippen molar-refractivity contribution in [1.82, 2.24) is 4.98 Å². The molecule has 0 saturated heterocycles. The van der Waals surface area contributed by atoms with Crippen LogP contribution in [0.5, 0.6) is 0 Å². The minimum absolute atomic E-state index is 0.0121. The lowest BCUT2D eigenvalue weighted by Crippen LogP contribution is -2.23. The van der Waals surface area contributed by atoms with Gasteiger partial charge in [-0.1, -0.05) is 12.1 Å². The molecule has 0 amide bonds. The third-order valence-electron chi connectivity index (χ3n) is 2.70. The Hall–Kier alpha value is -1.82. The Morgan fingerprint density at radius 2 is 2.11 bits per heavy atom. The lowest BCUT2D eigenvalue weighted by molar-refractivity contribution is -0.136. The summed E-state index contributed by atoms with van der Waals surface area (Å²) in [6.45, 7) is 0. The first-order valence-electron chi connectivity index (χ1n) is 5.23. The zero-order valence-electron chi connectivity index (χ0n) is 9.21. The van der Waals surface area contributed by atoms with E-state index in [0.29, 0.717) is 10.9 Å². The van der Waals surface area contributed by atoms with Crippen molar-refractivity contribution in [1.29, 1.82) is 0 Å². The van der Waals surface area contributed by atoms with Crippen LogP contribution in [0.4, 0.5) is 13.2 Å². The monoisotopic (exact) mass is 255 g/mol. The van der Waals surface area contributed by atoms with E-state index in [0.717, 1.165) is 6.07 Å². The predicted molar refractivity (Wildman–Crippen MR) is 60.7 cm³/mol. The van der Waals surface area contributed by atoms with E-state index >= 15 is 0 Å². The van der Waals surface area contributed by atoms with Gasteiger partial charge in [-0.15, -0.1) is 0 Å². The minimum atomic E-state index is -4.42. The van der Waals surface area contributed by atoms with Gasteiger partial charge in [0.25, 0.3) is 0 Å². The molecule has 3 N–H and O–H groups in total. The summed E-state index contributed by atoms with van der Waals surface area (Å²) in [6.07, 6.45) is -1.21. The van der Waals surface area contributed by atoms with Crippen LogP contribution < -0.4 is 5.73 Å². The number of nitrogens with two attached hydrogens (primary N) is 1. The average Bonchev–Trinajstić information content (AvgIpc) is 2.71. The molecular formula is C12H10F3N2O. The van der Waals surface area contributed by atoms with Gasteiger partial charge in [0.05, 0.1) is 17.1 Å². The number of hydrogen-bond donors (Lipinski definition) is 2. The van der Waals surface area contributed by atoms with Crippen molar-refractivity contribution in [3.63, 3.8) is 0 Å². The van der Waals surface area contributed by atoms with Gasteiger partial charge in [-0.05, 0) is 18.1 Å². The standard InChI is InChI=1S/C12H10F3N2O/c13-12(14,15)10-3-1-2-9-7(4-8(16)6-18)5-17-11(9)10/h1-3,5,8,17H,4,16H2/t8-/m0/s1. The highest BCUT2D eigenvalue weighted by atomic mass is 19.4. The second-order valence-corrected chi connectivity index (χ2v) is 3.97. The van der Waals surface area contributed by atoms with Crippen molar-refractivity contribution in [2.45, 2.75) is 18.6 Å². The van der Waals surface area contributed by atoms with Gasteiger partial charge in [-0.25, -0.2) is 0 Å². The molecule has 0 aliphatic rings. The summed E-state index contributed by atoms with van der Waals surface area (Å²) < 4.78 is 38.2. The molecule has 2 aromatic rings. The molecule has 95 valence electrons. The molecule has 0 spiro atoms. The highest BCUT2D eigenvalue weighted by Crippen LogP contribution is 2.35. The van der Waals surface area contributed by atoms with Crippen molar-refractivity contribution in [3.8, 4) is 0 Å². The summed E-state index contributed by atoms with van der Waals surface area (Å²) in [4.78, 5) is 12.9. The molecule has 18 heavy (non-hydrogen) atoms. The molecule has 2 rings (SSSR count). The number of nitrogens with one attached hydrogen (secondary N) is 1. The first-order valence-corrected chi connectivity index (χ1v) is 5.23. The van der Waals surface area contributed by atoms with E-state index in [1.165, 1.54) is 12.3 Å².